The third-order valence-electron chi connectivity index (χ3n) is 7.89. The minimum absolute atomic E-state index is 0.282. The summed E-state index contributed by atoms with van der Waals surface area (Å²) in [6.07, 6.45) is 0. The quantitative estimate of drug-likeness (QED) is 0.185. The summed E-state index contributed by atoms with van der Waals surface area (Å²) in [6, 6.07) is 30.9. The number of ether oxygens (including phenoxy) is 3. The van der Waals surface area contributed by atoms with Crippen LogP contribution in [0.5, 0.6) is 5.75 Å². The lowest BCUT2D eigenvalue weighted by Gasteiger charge is -2.42. The Labute approximate surface area is 244 Å². The van der Waals surface area contributed by atoms with Crippen LogP contribution in [0.4, 0.5) is 11.4 Å². The number of nitrogens with zero attached hydrogens (tertiary/aromatic N) is 2. The zero-order valence-electron chi connectivity index (χ0n) is 24.1. The van der Waals surface area contributed by atoms with E-state index in [2.05, 4.69) is 35.4 Å². The van der Waals surface area contributed by atoms with E-state index in [9.17, 15) is 9.59 Å². The highest BCUT2D eigenvalue weighted by molar-refractivity contribution is 6.01. The number of rotatable bonds is 8. The van der Waals surface area contributed by atoms with Crippen LogP contribution < -0.4 is 9.64 Å². The summed E-state index contributed by atoms with van der Waals surface area (Å²) < 4.78 is 19.6. The Morgan fingerprint density at radius 3 is 2.29 bits per heavy atom. The van der Waals surface area contributed by atoms with Crippen LogP contribution in [0.1, 0.15) is 51.4 Å². The van der Waals surface area contributed by atoms with E-state index in [1.165, 1.54) is 7.11 Å². The van der Waals surface area contributed by atoms with Gasteiger partial charge < -0.3 is 18.8 Å². The smallest absolute Gasteiger partial charge is 0.341 e. The fourth-order valence-electron chi connectivity index (χ4n) is 6.18. The topological polar surface area (TPSA) is 70.0 Å². The van der Waals surface area contributed by atoms with E-state index in [0.29, 0.717) is 17.7 Å². The van der Waals surface area contributed by atoms with E-state index in [0.717, 1.165) is 45.8 Å². The van der Waals surface area contributed by atoms with Gasteiger partial charge in [-0.05, 0) is 75.4 Å². The lowest BCUT2D eigenvalue weighted by molar-refractivity contribution is 0.0136. The van der Waals surface area contributed by atoms with Gasteiger partial charge in [-0.3, -0.25) is 4.90 Å². The van der Waals surface area contributed by atoms with Crippen molar-refractivity contribution in [3.8, 4) is 5.75 Å². The summed E-state index contributed by atoms with van der Waals surface area (Å²) in [7, 11) is 1.32. The van der Waals surface area contributed by atoms with Crippen LogP contribution in [-0.4, -0.2) is 30.2 Å². The molecule has 0 amide bonds. The molecule has 6 rings (SSSR count). The number of carbonyl (C=O) groups is 2. The first-order valence-electron chi connectivity index (χ1n) is 14.1. The van der Waals surface area contributed by atoms with Crippen LogP contribution in [0.2, 0.25) is 0 Å². The summed E-state index contributed by atoms with van der Waals surface area (Å²) in [6.45, 7) is 7.40. The van der Waals surface area contributed by atoms with Gasteiger partial charge in [-0.2, -0.15) is 0 Å². The molecular formula is C35H32N2O5. The molecule has 0 N–H and O–H groups in total. The fraction of sp³-hybridized carbons (Fsp3) is 0.200. The van der Waals surface area contributed by atoms with E-state index < -0.39 is 17.7 Å². The fourth-order valence-corrected chi connectivity index (χ4v) is 6.18. The Hall–Kier alpha value is -5.04. The zero-order chi connectivity index (χ0) is 29.4. The van der Waals surface area contributed by atoms with Gasteiger partial charge >= 0.3 is 11.9 Å². The Balaban J connectivity index is 1.74. The maximum atomic E-state index is 13.9. The molecule has 0 saturated heterocycles. The van der Waals surface area contributed by atoms with E-state index in [1.807, 2.05) is 79.7 Å². The van der Waals surface area contributed by atoms with Crippen molar-refractivity contribution >= 4 is 34.2 Å². The molecule has 1 unspecified atom stereocenters. The number of para-hydroxylation sites is 2. The normalized spacial score (nSPS) is 15.8. The molecule has 0 bridgehead atoms. The number of anilines is 2. The Kier molecular flexibility index (Phi) is 6.94. The largest absolute Gasteiger partial charge is 0.494 e. The number of aryl methyl sites for hydroxylation is 1. The van der Waals surface area contributed by atoms with Gasteiger partial charge in [0.25, 0.3) is 0 Å². The number of hydrogen-bond donors (Lipinski definition) is 0. The summed E-state index contributed by atoms with van der Waals surface area (Å²) >= 11 is 0. The molecule has 0 radical (unpaired) electrons. The molecule has 0 spiro atoms. The second-order valence-electron chi connectivity index (χ2n) is 10.1. The number of aromatic nitrogens is 1. The second kappa shape index (κ2) is 10.7. The molecule has 0 saturated carbocycles. The highest BCUT2D eigenvalue weighted by Crippen LogP contribution is 2.53. The van der Waals surface area contributed by atoms with Crippen molar-refractivity contribution in [3.05, 3.63) is 125 Å². The SMILES string of the molecule is CCOc1ccc(N(c2ccccc2)C2(c3c(C)n(CC)c4ccccc34)OC(=O)c3cc(C(=O)OC)ccc32)cc1. The highest BCUT2D eigenvalue weighted by atomic mass is 16.6. The van der Waals surface area contributed by atoms with E-state index >= 15 is 0 Å². The molecule has 1 aromatic heterocycles. The van der Waals surface area contributed by atoms with Crippen molar-refractivity contribution < 1.29 is 23.8 Å². The Morgan fingerprint density at radius 2 is 1.60 bits per heavy atom. The Morgan fingerprint density at radius 1 is 0.905 bits per heavy atom. The number of carbonyl (C=O) groups excluding carboxylic acids is 2. The Bertz CT molecular complexity index is 1790. The average molecular weight is 561 g/mol. The molecule has 2 heterocycles. The molecule has 212 valence electrons. The average Bonchev–Trinajstić information content (AvgIpc) is 3.48. The first-order chi connectivity index (χ1) is 20.4. The molecule has 1 aliphatic rings. The number of fused-ring (bicyclic) bond motifs is 2. The van der Waals surface area contributed by atoms with Gasteiger partial charge in [0.2, 0.25) is 5.72 Å². The van der Waals surface area contributed by atoms with Gasteiger partial charge in [0.15, 0.2) is 0 Å². The van der Waals surface area contributed by atoms with Crippen molar-refractivity contribution in [3.63, 3.8) is 0 Å². The van der Waals surface area contributed by atoms with Crippen LogP contribution in [-0.2, 0) is 21.7 Å². The van der Waals surface area contributed by atoms with Crippen LogP contribution in [0, 0.1) is 6.92 Å². The number of hydrogen-bond acceptors (Lipinski definition) is 6. The molecule has 4 aromatic carbocycles. The molecular weight excluding hydrogens is 528 g/mol. The summed E-state index contributed by atoms with van der Waals surface area (Å²) in [4.78, 5) is 28.5. The summed E-state index contributed by atoms with van der Waals surface area (Å²) in [5.74, 6) is -0.294. The van der Waals surface area contributed by atoms with Crippen LogP contribution in [0.25, 0.3) is 10.9 Å². The number of methoxy groups -OCH3 is 1. The van der Waals surface area contributed by atoms with Gasteiger partial charge in [-0.1, -0.05) is 42.5 Å². The summed E-state index contributed by atoms with van der Waals surface area (Å²) in [5.41, 5.74) is 4.34. The van der Waals surface area contributed by atoms with E-state index in [1.54, 1.807) is 12.1 Å². The monoisotopic (exact) mass is 560 g/mol. The van der Waals surface area contributed by atoms with Crippen LogP contribution in [0.15, 0.2) is 97.1 Å². The van der Waals surface area contributed by atoms with Crippen molar-refractivity contribution in [1.82, 2.24) is 4.57 Å². The molecule has 0 aliphatic carbocycles. The van der Waals surface area contributed by atoms with Gasteiger partial charge in [-0.25, -0.2) is 9.59 Å². The minimum Gasteiger partial charge on any atom is -0.494 e. The maximum absolute atomic E-state index is 13.9. The number of esters is 2. The molecule has 42 heavy (non-hydrogen) atoms. The maximum Gasteiger partial charge on any atom is 0.341 e. The van der Waals surface area contributed by atoms with Gasteiger partial charge in [0.05, 0.1) is 30.4 Å². The van der Waals surface area contributed by atoms with Crippen LogP contribution in [0.3, 0.4) is 0 Å². The third-order valence-corrected chi connectivity index (χ3v) is 7.89. The molecule has 5 aromatic rings. The number of benzene rings is 4. The van der Waals surface area contributed by atoms with E-state index in [-0.39, 0.29) is 5.56 Å². The van der Waals surface area contributed by atoms with E-state index in [4.69, 9.17) is 14.2 Å². The predicted octanol–water partition coefficient (Wildman–Crippen LogP) is 7.36. The van der Waals surface area contributed by atoms with Gasteiger partial charge in [0.1, 0.15) is 5.75 Å². The first-order valence-corrected chi connectivity index (χ1v) is 14.1. The third kappa shape index (κ3) is 4.12. The highest BCUT2D eigenvalue weighted by Gasteiger charge is 2.55. The molecule has 7 heteroatoms. The minimum atomic E-state index is -1.40. The van der Waals surface area contributed by atoms with Crippen molar-refractivity contribution in [2.24, 2.45) is 0 Å². The second-order valence-corrected chi connectivity index (χ2v) is 10.1. The first kappa shape index (κ1) is 27.1. The lowest BCUT2D eigenvalue weighted by Crippen LogP contribution is -2.45. The molecule has 1 aliphatic heterocycles. The van der Waals surface area contributed by atoms with Crippen molar-refractivity contribution in [2.45, 2.75) is 33.0 Å². The van der Waals surface area contributed by atoms with Gasteiger partial charge in [0, 0.05) is 40.1 Å². The molecule has 0 fully saturated rings. The van der Waals surface area contributed by atoms with Crippen molar-refractivity contribution in [2.75, 3.05) is 18.6 Å². The lowest BCUT2D eigenvalue weighted by atomic mass is 9.87. The standard InChI is InChI=1S/C35H32N2O5/c1-5-36-23(3)32(28-14-10-11-15-31(28)36)35(30-21-16-24(33(38)40-4)22-29(30)34(39)42-35)37(25-12-8-7-9-13-25)26-17-19-27(20-18-26)41-6-2/h7-22H,5-6H2,1-4H3. The van der Waals surface area contributed by atoms with Gasteiger partial charge in [-0.15, -0.1) is 0 Å². The van der Waals surface area contributed by atoms with Crippen molar-refractivity contribution in [1.29, 1.82) is 0 Å². The molecule has 7 nitrogen and oxygen atoms in total. The molecule has 1 atom stereocenters. The zero-order valence-corrected chi connectivity index (χ0v) is 24.1. The van der Waals surface area contributed by atoms with Crippen LogP contribution >= 0.6 is 0 Å². The summed E-state index contributed by atoms with van der Waals surface area (Å²) in [5, 5.41) is 0.974. The number of cyclic esters (lactones) is 1. The predicted molar refractivity (Wildman–Crippen MR) is 163 cm³/mol.